The first-order valence-electron chi connectivity index (χ1n) is 5.29. The van der Waals surface area contributed by atoms with Crippen molar-refractivity contribution in [3.8, 4) is 11.3 Å². The molecule has 0 amide bonds. The van der Waals surface area contributed by atoms with Crippen LogP contribution < -0.4 is 5.32 Å². The molecule has 0 aliphatic heterocycles. The predicted octanol–water partition coefficient (Wildman–Crippen LogP) is 3.14. The average molecular weight is 263 g/mol. The summed E-state index contributed by atoms with van der Waals surface area (Å²) in [6, 6.07) is 8.44. The van der Waals surface area contributed by atoms with E-state index >= 15 is 0 Å². The van der Waals surface area contributed by atoms with Gasteiger partial charge in [0.05, 0.1) is 16.3 Å². The molecule has 5 heteroatoms. The monoisotopic (exact) mass is 262 g/mol. The Balaban J connectivity index is 2.55. The third-order valence-electron chi connectivity index (χ3n) is 2.55. The molecule has 4 nitrogen and oxygen atoms in total. The van der Waals surface area contributed by atoms with E-state index in [0.29, 0.717) is 16.4 Å². The summed E-state index contributed by atoms with van der Waals surface area (Å²) in [5, 5.41) is 12.4. The highest BCUT2D eigenvalue weighted by Crippen LogP contribution is 2.28. The Hall–Kier alpha value is -2.07. The van der Waals surface area contributed by atoms with Crippen LogP contribution >= 0.6 is 11.6 Å². The van der Waals surface area contributed by atoms with Crippen molar-refractivity contribution in [3.63, 3.8) is 0 Å². The molecule has 2 aromatic rings. The highest BCUT2D eigenvalue weighted by molar-refractivity contribution is 6.33. The van der Waals surface area contributed by atoms with Crippen LogP contribution in [0, 0.1) is 0 Å². The zero-order valence-corrected chi connectivity index (χ0v) is 10.4. The second-order valence-corrected chi connectivity index (χ2v) is 4.06. The number of hydrogen-bond acceptors (Lipinski definition) is 3. The Kier molecular flexibility index (Phi) is 3.48. The summed E-state index contributed by atoms with van der Waals surface area (Å²) < 4.78 is 0. The number of benzene rings is 1. The lowest BCUT2D eigenvalue weighted by Gasteiger charge is -2.09. The second kappa shape index (κ2) is 5.06. The summed E-state index contributed by atoms with van der Waals surface area (Å²) in [4.78, 5) is 15.2. The number of carboxylic acid groups (broad SMARTS) is 1. The fourth-order valence-electron chi connectivity index (χ4n) is 1.68. The maximum absolute atomic E-state index is 11.0. The van der Waals surface area contributed by atoms with Crippen molar-refractivity contribution in [2.45, 2.75) is 0 Å². The minimum atomic E-state index is -0.974. The topological polar surface area (TPSA) is 62.2 Å². The minimum Gasteiger partial charge on any atom is -0.478 e. The molecule has 92 valence electrons. The standard InChI is InChI=1S/C13H11ClN2O2/c1-15-11-7-8(4-5-9(11)13(17)18)12-10(14)3-2-6-16-12/h2-7,15H,1H3,(H,17,18). The van der Waals surface area contributed by atoms with Crippen LogP contribution in [0.25, 0.3) is 11.3 Å². The molecule has 2 rings (SSSR count). The first-order chi connectivity index (χ1) is 8.63. The number of nitrogens with zero attached hydrogens (tertiary/aromatic N) is 1. The number of aromatic nitrogens is 1. The summed E-state index contributed by atoms with van der Waals surface area (Å²) in [5.41, 5.74) is 2.15. The molecule has 0 fully saturated rings. The van der Waals surface area contributed by atoms with Gasteiger partial charge < -0.3 is 10.4 Å². The summed E-state index contributed by atoms with van der Waals surface area (Å²) in [5.74, 6) is -0.974. The van der Waals surface area contributed by atoms with Gasteiger partial charge in [-0.3, -0.25) is 4.98 Å². The molecule has 0 saturated carbocycles. The maximum atomic E-state index is 11.0. The van der Waals surface area contributed by atoms with Gasteiger partial charge in [0.15, 0.2) is 0 Å². The number of rotatable bonds is 3. The highest BCUT2D eigenvalue weighted by atomic mass is 35.5. The van der Waals surface area contributed by atoms with Crippen LogP contribution in [0.2, 0.25) is 5.02 Å². The van der Waals surface area contributed by atoms with Crippen LogP contribution in [0.15, 0.2) is 36.5 Å². The lowest BCUT2D eigenvalue weighted by Crippen LogP contribution is -2.02. The highest BCUT2D eigenvalue weighted by Gasteiger charge is 2.12. The normalized spacial score (nSPS) is 10.1. The quantitative estimate of drug-likeness (QED) is 0.892. The Morgan fingerprint density at radius 1 is 1.39 bits per heavy atom. The second-order valence-electron chi connectivity index (χ2n) is 3.65. The van der Waals surface area contributed by atoms with Crippen LogP contribution in [0.1, 0.15) is 10.4 Å². The van der Waals surface area contributed by atoms with E-state index in [-0.39, 0.29) is 5.56 Å². The Labute approximate surface area is 109 Å². The smallest absolute Gasteiger partial charge is 0.337 e. The molecule has 0 saturated heterocycles. The van der Waals surface area contributed by atoms with E-state index in [1.807, 2.05) is 0 Å². The molecule has 0 aliphatic carbocycles. The molecule has 0 radical (unpaired) electrons. The molecule has 2 N–H and O–H groups in total. The summed E-state index contributed by atoms with van der Waals surface area (Å²) in [7, 11) is 1.67. The lowest BCUT2D eigenvalue weighted by atomic mass is 10.1. The zero-order chi connectivity index (χ0) is 13.1. The van der Waals surface area contributed by atoms with Crippen molar-refractivity contribution in [1.29, 1.82) is 0 Å². The van der Waals surface area contributed by atoms with Crippen LogP contribution in [0.5, 0.6) is 0 Å². The van der Waals surface area contributed by atoms with Gasteiger partial charge in [-0.05, 0) is 24.3 Å². The van der Waals surface area contributed by atoms with Gasteiger partial charge >= 0.3 is 5.97 Å². The summed E-state index contributed by atoms with van der Waals surface area (Å²) in [6.07, 6.45) is 1.64. The third kappa shape index (κ3) is 2.28. The van der Waals surface area contributed by atoms with Gasteiger partial charge in [-0.1, -0.05) is 17.7 Å². The Bertz CT molecular complexity index is 599. The van der Waals surface area contributed by atoms with Crippen molar-refractivity contribution in [1.82, 2.24) is 4.98 Å². The van der Waals surface area contributed by atoms with Gasteiger partial charge in [-0.25, -0.2) is 4.79 Å². The minimum absolute atomic E-state index is 0.216. The van der Waals surface area contributed by atoms with Crippen molar-refractivity contribution in [3.05, 3.63) is 47.1 Å². The molecule has 18 heavy (non-hydrogen) atoms. The van der Waals surface area contributed by atoms with E-state index in [1.165, 1.54) is 6.07 Å². The van der Waals surface area contributed by atoms with E-state index in [0.717, 1.165) is 5.56 Å². The molecule has 1 heterocycles. The number of nitrogens with one attached hydrogen (secondary N) is 1. The number of hydrogen-bond donors (Lipinski definition) is 2. The number of pyridine rings is 1. The van der Waals surface area contributed by atoms with E-state index in [9.17, 15) is 4.79 Å². The summed E-state index contributed by atoms with van der Waals surface area (Å²) in [6.45, 7) is 0. The Morgan fingerprint density at radius 2 is 2.17 bits per heavy atom. The molecule has 0 bridgehead atoms. The van der Waals surface area contributed by atoms with E-state index in [2.05, 4.69) is 10.3 Å². The van der Waals surface area contributed by atoms with E-state index in [4.69, 9.17) is 16.7 Å². The van der Waals surface area contributed by atoms with Crippen molar-refractivity contribution in [2.24, 2.45) is 0 Å². The number of anilines is 1. The molecule has 1 aromatic carbocycles. The fraction of sp³-hybridized carbons (Fsp3) is 0.0769. The molecular weight excluding hydrogens is 252 g/mol. The van der Waals surface area contributed by atoms with Gasteiger partial charge in [0, 0.05) is 24.5 Å². The van der Waals surface area contributed by atoms with Crippen LogP contribution in [0.4, 0.5) is 5.69 Å². The van der Waals surface area contributed by atoms with E-state index in [1.54, 1.807) is 37.5 Å². The van der Waals surface area contributed by atoms with Gasteiger partial charge in [0.2, 0.25) is 0 Å². The molecular formula is C13H11ClN2O2. The van der Waals surface area contributed by atoms with E-state index < -0.39 is 5.97 Å². The van der Waals surface area contributed by atoms with Crippen LogP contribution in [0.3, 0.4) is 0 Å². The van der Waals surface area contributed by atoms with Gasteiger partial charge in [-0.15, -0.1) is 0 Å². The van der Waals surface area contributed by atoms with Gasteiger partial charge in [0.1, 0.15) is 0 Å². The van der Waals surface area contributed by atoms with Gasteiger partial charge in [0.25, 0.3) is 0 Å². The molecule has 0 unspecified atom stereocenters. The van der Waals surface area contributed by atoms with Crippen LogP contribution in [-0.4, -0.2) is 23.1 Å². The fourth-order valence-corrected chi connectivity index (χ4v) is 1.91. The zero-order valence-electron chi connectivity index (χ0n) is 9.64. The molecule has 1 aromatic heterocycles. The average Bonchev–Trinajstić information content (AvgIpc) is 2.38. The number of halogens is 1. The molecule has 0 spiro atoms. The number of aromatic carboxylic acids is 1. The lowest BCUT2D eigenvalue weighted by molar-refractivity contribution is 0.0698. The van der Waals surface area contributed by atoms with Crippen molar-refractivity contribution in [2.75, 3.05) is 12.4 Å². The van der Waals surface area contributed by atoms with Crippen molar-refractivity contribution >= 4 is 23.3 Å². The van der Waals surface area contributed by atoms with Crippen molar-refractivity contribution < 1.29 is 9.90 Å². The number of carbonyl (C=O) groups is 1. The largest absolute Gasteiger partial charge is 0.478 e. The molecule has 0 atom stereocenters. The third-order valence-corrected chi connectivity index (χ3v) is 2.86. The molecule has 0 aliphatic rings. The summed E-state index contributed by atoms with van der Waals surface area (Å²) >= 11 is 6.06. The maximum Gasteiger partial charge on any atom is 0.337 e. The first-order valence-corrected chi connectivity index (χ1v) is 5.67. The first kappa shape index (κ1) is 12.4. The SMILES string of the molecule is CNc1cc(-c2ncccc2Cl)ccc1C(=O)O. The number of carboxylic acids is 1. The van der Waals surface area contributed by atoms with Crippen LogP contribution in [-0.2, 0) is 0 Å². The predicted molar refractivity (Wildman–Crippen MR) is 71.2 cm³/mol. The van der Waals surface area contributed by atoms with Gasteiger partial charge in [-0.2, -0.15) is 0 Å². The Morgan fingerprint density at radius 3 is 2.78 bits per heavy atom.